The van der Waals surface area contributed by atoms with Crippen molar-refractivity contribution in [3.63, 3.8) is 0 Å². The number of carbonyl (C=O) groups is 2. The number of carboxylic acids is 1. The van der Waals surface area contributed by atoms with Crippen molar-refractivity contribution in [1.29, 1.82) is 0 Å². The lowest BCUT2D eigenvalue weighted by atomic mass is 9.82. The molecule has 1 atom stereocenters. The van der Waals surface area contributed by atoms with Gasteiger partial charge in [-0.3, -0.25) is 40.5 Å². The van der Waals surface area contributed by atoms with Gasteiger partial charge in [0.05, 0.1) is 112 Å². The first-order valence-electron chi connectivity index (χ1n) is 38.0. The molecule has 11 aromatic heterocycles. The number of aryl methyl sites for hydroxylation is 2. The van der Waals surface area contributed by atoms with E-state index in [2.05, 4.69) is 173 Å². The lowest BCUT2D eigenvalue weighted by molar-refractivity contribution is -0.136. The number of hydrogen-bond donors (Lipinski definition) is 12. The van der Waals surface area contributed by atoms with E-state index in [4.69, 9.17) is 53.3 Å². The average Bonchev–Trinajstić information content (AvgIpc) is 1.55. The number of nitrogens with one attached hydrogen (secondary N) is 4. The van der Waals surface area contributed by atoms with E-state index in [1.807, 2.05) is 17.7 Å². The highest BCUT2D eigenvalue weighted by atomic mass is 79.9. The van der Waals surface area contributed by atoms with Gasteiger partial charge in [0.1, 0.15) is 29.4 Å². The predicted molar refractivity (Wildman–Crippen MR) is 531 cm³/mol. The second-order valence-corrected chi connectivity index (χ2v) is 43.6. The van der Waals surface area contributed by atoms with Gasteiger partial charge in [-0.1, -0.05) is 28.3 Å². The summed E-state index contributed by atoms with van der Waals surface area (Å²) in [6.07, 6.45) is 3.77. The summed E-state index contributed by atoms with van der Waals surface area (Å²) in [5.41, 5.74) is 48.8. The number of rotatable bonds is 19. The third kappa shape index (κ3) is 31.1. The molecule has 17 N–H and O–H groups in total. The maximum atomic E-state index is 13.5. The number of nitrogens with zero attached hydrogens (tertiary/aromatic N) is 18. The number of benzene rings is 4. The van der Waals surface area contributed by atoms with Gasteiger partial charge in [0.15, 0.2) is 48.9 Å². The normalized spacial score (nSPS) is 12.0. The number of amides is 1. The lowest BCUT2D eigenvalue weighted by Crippen LogP contribution is -2.43. The first kappa shape index (κ1) is 107. The molecule has 0 saturated heterocycles. The van der Waals surface area contributed by atoms with E-state index in [1.54, 1.807) is 108 Å². The zero-order valence-corrected chi connectivity index (χ0v) is 79.9. The predicted octanol–water partition coefficient (Wildman–Crippen LogP) is 13.4. The summed E-state index contributed by atoms with van der Waals surface area (Å²) in [6.45, 7) is 15.1. The summed E-state index contributed by atoms with van der Waals surface area (Å²) in [4.78, 5) is 91.5. The minimum Gasteiger partial charge on any atom is -0.535 e. The number of aromatic nitrogens is 16. The fourth-order valence-electron chi connectivity index (χ4n) is 11.4. The maximum absolute atomic E-state index is 13.5. The number of anilines is 4. The number of hydrogen-bond acceptors (Lipinski definition) is 33. The number of nitrogens with two attached hydrogens (primary N) is 5. The molecule has 1 unspecified atom stereocenters. The van der Waals surface area contributed by atoms with Crippen LogP contribution in [0.5, 0.6) is 0 Å². The Bertz CT molecular complexity index is 6570. The molecule has 35 nitrogen and oxygen atoms in total. The number of carboxylic acid groups (broad SMARTS) is 1. The second-order valence-electron chi connectivity index (χ2n) is 29.3. The van der Waals surface area contributed by atoms with Gasteiger partial charge in [-0.25, -0.2) is 72.8 Å². The zero-order valence-electron chi connectivity index (χ0n) is 69.9. The van der Waals surface area contributed by atoms with Gasteiger partial charge in [0.25, 0.3) is 0 Å². The topological polar surface area (TPSA) is 514 Å². The molecule has 0 radical (unpaired) electrons. The number of aliphatic imine (C=N–C) groups is 1. The Morgan fingerprint density at radius 1 is 0.561 bits per heavy atom. The summed E-state index contributed by atoms with van der Waals surface area (Å²) < 4.78 is 70.5. The fourth-order valence-corrected chi connectivity index (χ4v) is 17.3. The molecule has 1 aliphatic rings. The van der Waals surface area contributed by atoms with E-state index in [9.17, 15) is 36.7 Å². The molecule has 12 heterocycles. The molecule has 49 heteroatoms. The first-order chi connectivity index (χ1) is 61.2. The number of guanidine groups is 1. The highest BCUT2D eigenvalue weighted by molar-refractivity contribution is 9.12. The summed E-state index contributed by atoms with van der Waals surface area (Å²) in [5, 5.41) is 44.8. The summed E-state index contributed by atoms with van der Waals surface area (Å²) >= 11 is 16.1. The SMILES string of the molecule is C.C.C.CC(=N[Si](C)(C)C)O[Si](C)(C)C.Cn1cc(-c2c(-c3ccc(F)cc3)nc(N)n3nc(Cc4cscn4)nc23)ccc1=O.Cn1cc(B(O)O)ccc1=O.NNC1N=C(N)NC(c2ccc(F)cc2)=C1Br.Nc1nc(-c2ccc(F)cc2)c(Br)c2nc(Cc3cscn3)nn12.Nc1nc(NNC(=O)Cc2cscn2)c(Br)c(-c2ccc(F)cc2)n1.O=C(O)Cc1cscn1. The third-order valence-electron chi connectivity index (χ3n) is 16.9. The number of aliphatic carboxylic acids is 1. The molecular formula is C83H95BBr3F4N27O8S4Si2. The van der Waals surface area contributed by atoms with Crippen LogP contribution in [0.25, 0.3) is 61.9 Å². The molecule has 15 aromatic rings. The fraction of sp³-hybridized carbons (Fsp3) is 0.205. The minimum absolute atomic E-state index is 0. The molecule has 0 aliphatic carbocycles. The second kappa shape index (κ2) is 49.2. The number of thiazole rings is 4. The number of halogens is 7. The summed E-state index contributed by atoms with van der Waals surface area (Å²) in [5.74, 6) is 5.88. The van der Waals surface area contributed by atoms with Crippen LogP contribution in [-0.4, -0.2) is 147 Å². The number of fused-ring (bicyclic) bond motifs is 2. The maximum Gasteiger partial charge on any atom is 0.489 e. The van der Waals surface area contributed by atoms with Crippen LogP contribution in [0.15, 0.2) is 210 Å². The van der Waals surface area contributed by atoms with Crippen molar-refractivity contribution in [2.45, 2.75) is 100 Å². The Kier molecular flexibility index (Phi) is 39.7. The largest absolute Gasteiger partial charge is 0.535 e. The van der Waals surface area contributed by atoms with Gasteiger partial charge in [0, 0.05) is 89.3 Å². The van der Waals surface area contributed by atoms with Crippen LogP contribution in [0.2, 0.25) is 39.3 Å². The zero-order chi connectivity index (χ0) is 93.6. The molecule has 1 aliphatic heterocycles. The van der Waals surface area contributed by atoms with Crippen LogP contribution in [0.3, 0.4) is 0 Å². The Hall–Kier alpha value is -12.4. The van der Waals surface area contributed by atoms with Crippen LogP contribution in [0, 0.1) is 23.3 Å². The van der Waals surface area contributed by atoms with Crippen LogP contribution >= 0.6 is 93.1 Å². The van der Waals surface area contributed by atoms with Crippen molar-refractivity contribution >= 4 is 187 Å². The van der Waals surface area contributed by atoms with Crippen LogP contribution in [0.1, 0.15) is 69.2 Å². The Morgan fingerprint density at radius 3 is 1.42 bits per heavy atom. The molecule has 694 valence electrons. The highest BCUT2D eigenvalue weighted by Gasteiger charge is 2.26. The molecule has 0 saturated carbocycles. The van der Waals surface area contributed by atoms with E-state index < -0.39 is 35.8 Å². The van der Waals surface area contributed by atoms with E-state index in [0.717, 1.165) is 28.4 Å². The number of pyridine rings is 2. The Labute approximate surface area is 799 Å². The molecule has 4 aromatic carbocycles. The van der Waals surface area contributed by atoms with Crippen LogP contribution < -0.4 is 67.0 Å². The van der Waals surface area contributed by atoms with Gasteiger partial charge in [-0.05, 0) is 201 Å². The molecule has 132 heavy (non-hydrogen) atoms. The van der Waals surface area contributed by atoms with Crippen molar-refractivity contribution in [2.24, 2.45) is 35.3 Å². The van der Waals surface area contributed by atoms with Crippen molar-refractivity contribution in [1.82, 2.24) is 94.4 Å². The highest BCUT2D eigenvalue weighted by Crippen LogP contribution is 2.37. The first-order valence-corrected chi connectivity index (χ1v) is 51.0. The molecule has 0 fully saturated rings. The quantitative estimate of drug-likeness (QED) is 0.00893. The van der Waals surface area contributed by atoms with Gasteiger partial charge >= 0.3 is 13.1 Å². The molecule has 0 bridgehead atoms. The molecular weight excluding hydrogens is 2010 g/mol. The van der Waals surface area contributed by atoms with Crippen molar-refractivity contribution < 1.29 is 46.7 Å². The van der Waals surface area contributed by atoms with E-state index in [1.165, 1.54) is 136 Å². The van der Waals surface area contributed by atoms with E-state index in [0.29, 0.717) is 117 Å². The monoisotopic (exact) mass is 2110 g/mol. The van der Waals surface area contributed by atoms with Gasteiger partial charge in [0.2, 0.25) is 43.2 Å². The van der Waals surface area contributed by atoms with Crippen LogP contribution in [0.4, 0.5) is 41.2 Å². The minimum atomic E-state index is -1.51. The number of carbonyl (C=O) groups excluding carboxylic acids is 1. The average molecular weight is 2110 g/mol. The Balaban J connectivity index is 0.000000218. The summed E-state index contributed by atoms with van der Waals surface area (Å²) in [6, 6.07) is 29.7. The summed E-state index contributed by atoms with van der Waals surface area (Å²) in [7, 11) is -1.06. The van der Waals surface area contributed by atoms with E-state index in [-0.39, 0.29) is 99.2 Å². The number of hydrazine groups is 2. The smallest absolute Gasteiger partial charge is 0.489 e. The standard InChI is InChI=1S/C21H16FN7OS.C15H12BrFN6OS.C15H10BrFN6S.C10H11BrFN5.C8H21NOSi2.C6H8BNO3.C5H5NO2S.3CH4/c1-28-9-13(4-7-17(28)30)18-19(12-2-5-14(22)6-3-12)26-21(23)29-20(18)25-16(27-29)8-15-10-31-11-24-15;16-12-13(8-1-3-9(17)4-2-8)20-15(18)21-14(12)23-22-11(24)5-10-6-25-7-19-10;16-12-13(8-1-3-9(17)4-2-8)21-15(18)23-14(12)20-11(22-23)5-10-6-24-7-19-10;11-7-8(5-1-3-6(12)4-2-5)15-10(13)16-9(7)17-14;1-8(9-11(2,3)4)10-12(5,6)7;1-8-4-5(7(10)11)2-3-6(8)9;7-5(8)1-4-2-9-3-6-4;;;/h2-7,9-11H,8H2,1H3,(H2,23,26);1-4,6-7H,5H2,(H,22,24)(H3,18,20,21,23);1-4,6-7H,5H2,(H2,18,21);1-4,9,17H,14H2,(H3,13,15,16);1-7H3;2-4,10-11H,1H3;2-3H,1H2,(H,7,8);3*1H4. The lowest BCUT2D eigenvalue weighted by Gasteiger charge is -2.23. The van der Waals surface area contributed by atoms with Gasteiger partial charge in [-0.15, -0.1) is 55.5 Å². The number of nitrogen functional groups attached to an aromatic ring is 3. The van der Waals surface area contributed by atoms with E-state index >= 15 is 0 Å². The van der Waals surface area contributed by atoms with Crippen molar-refractivity contribution in [3.8, 4) is 44.9 Å². The van der Waals surface area contributed by atoms with Gasteiger partial charge < -0.3 is 57.0 Å². The molecule has 16 rings (SSSR count). The Morgan fingerprint density at radius 2 is 0.985 bits per heavy atom. The third-order valence-corrected chi connectivity index (χ3v) is 23.6. The van der Waals surface area contributed by atoms with Crippen molar-refractivity contribution in [3.05, 3.63) is 275 Å². The van der Waals surface area contributed by atoms with Crippen molar-refractivity contribution in [2.75, 3.05) is 22.6 Å². The van der Waals surface area contributed by atoms with Gasteiger partial charge in [-0.2, -0.15) is 14.0 Å². The van der Waals surface area contributed by atoms with Crippen LogP contribution in [-0.2, 0) is 53.8 Å². The molecule has 0 spiro atoms. The molecule has 1 amide bonds.